The van der Waals surface area contributed by atoms with Crippen molar-refractivity contribution in [2.75, 3.05) is 12.8 Å². The highest BCUT2D eigenvalue weighted by Gasteiger charge is 2.23. The maximum absolute atomic E-state index is 11.9. The van der Waals surface area contributed by atoms with E-state index in [-0.39, 0.29) is 6.04 Å². The van der Waals surface area contributed by atoms with Gasteiger partial charge in [-0.1, -0.05) is 48.3 Å². The molecular formula is C24H28ClN3O2S2. The average Bonchev–Trinajstić information content (AvgIpc) is 3.12. The molecule has 1 aliphatic heterocycles. The van der Waals surface area contributed by atoms with Crippen LogP contribution in [0.4, 0.5) is 0 Å². The van der Waals surface area contributed by atoms with Crippen LogP contribution in [0.15, 0.2) is 63.3 Å². The number of sulfone groups is 1. The van der Waals surface area contributed by atoms with Crippen molar-refractivity contribution in [2.24, 2.45) is 0 Å². The van der Waals surface area contributed by atoms with E-state index >= 15 is 0 Å². The lowest BCUT2D eigenvalue weighted by atomic mass is 10.1. The number of aromatic nitrogens is 2. The molecule has 1 atom stereocenters. The van der Waals surface area contributed by atoms with Crippen LogP contribution >= 0.6 is 23.4 Å². The Bertz CT molecular complexity index is 1170. The summed E-state index contributed by atoms with van der Waals surface area (Å²) in [5, 5.41) is 5.39. The minimum atomic E-state index is -3.25. The first-order valence-corrected chi connectivity index (χ1v) is 14.0. The van der Waals surface area contributed by atoms with Gasteiger partial charge in [-0.2, -0.15) is 0 Å². The van der Waals surface area contributed by atoms with Gasteiger partial charge in [0, 0.05) is 28.3 Å². The van der Waals surface area contributed by atoms with Gasteiger partial charge in [-0.05, 0) is 62.7 Å². The molecule has 2 aromatic carbocycles. The highest BCUT2D eigenvalue weighted by atomic mass is 35.5. The minimum absolute atomic E-state index is 0.127. The van der Waals surface area contributed by atoms with Gasteiger partial charge in [0.1, 0.15) is 16.5 Å². The summed E-state index contributed by atoms with van der Waals surface area (Å²) in [6.45, 7) is 4.05. The number of fused-ring (bicyclic) bond motifs is 1. The summed E-state index contributed by atoms with van der Waals surface area (Å²) in [7, 11) is -3.25. The van der Waals surface area contributed by atoms with Crippen molar-refractivity contribution in [3.8, 4) is 11.3 Å². The predicted octanol–water partition coefficient (Wildman–Crippen LogP) is 5.98. The quantitative estimate of drug-likeness (QED) is 0.488. The van der Waals surface area contributed by atoms with Gasteiger partial charge in [-0.3, -0.25) is 0 Å². The second-order valence-corrected chi connectivity index (χ2v) is 11.7. The van der Waals surface area contributed by atoms with E-state index in [1.807, 2.05) is 36.4 Å². The normalized spacial score (nSPS) is 17.7. The maximum atomic E-state index is 11.9. The Morgan fingerprint density at radius 2 is 1.72 bits per heavy atom. The van der Waals surface area contributed by atoms with Crippen LogP contribution in [0.2, 0.25) is 5.02 Å². The topological polar surface area (TPSA) is 64.0 Å². The summed E-state index contributed by atoms with van der Waals surface area (Å²) in [6, 6.07) is 15.0. The standard InChI is InChI=1S/C24H28ClN3O2S2/c1-17-23-27-22(18-7-13-21(14-8-18)32(2,29)30)24(31-20-11-9-19(25)10-12-20)28(23)16-6-4-3-5-15-26-17/h7-14,17,26H,3-6,15-16H2,1-2H3. The molecule has 0 spiro atoms. The van der Waals surface area contributed by atoms with Crippen LogP contribution < -0.4 is 5.32 Å². The number of imidazole rings is 1. The van der Waals surface area contributed by atoms with Crippen molar-refractivity contribution in [1.82, 2.24) is 14.9 Å². The SMILES string of the molecule is CC1NCCCCCCn2c1nc(-c1ccc(S(C)(=O)=O)cc1)c2Sc1ccc(Cl)cc1. The first-order chi connectivity index (χ1) is 15.3. The summed E-state index contributed by atoms with van der Waals surface area (Å²) in [4.78, 5) is 6.49. The molecule has 1 aromatic heterocycles. The van der Waals surface area contributed by atoms with E-state index in [9.17, 15) is 8.42 Å². The summed E-state index contributed by atoms with van der Waals surface area (Å²) in [5.74, 6) is 1.02. The second kappa shape index (κ2) is 10.00. The summed E-state index contributed by atoms with van der Waals surface area (Å²) < 4.78 is 26.2. The van der Waals surface area contributed by atoms with Crippen LogP contribution in [0.25, 0.3) is 11.3 Å². The monoisotopic (exact) mass is 489 g/mol. The van der Waals surface area contributed by atoms with E-state index in [1.54, 1.807) is 23.9 Å². The Hall–Kier alpha value is -1.80. The van der Waals surface area contributed by atoms with Crippen LogP contribution in [0.3, 0.4) is 0 Å². The van der Waals surface area contributed by atoms with Crippen molar-refractivity contribution in [2.45, 2.75) is 60.0 Å². The number of rotatable bonds is 4. The largest absolute Gasteiger partial charge is 0.321 e. The van der Waals surface area contributed by atoms with Crippen molar-refractivity contribution in [3.63, 3.8) is 0 Å². The molecular weight excluding hydrogens is 462 g/mol. The zero-order valence-corrected chi connectivity index (χ0v) is 20.7. The molecule has 0 radical (unpaired) electrons. The lowest BCUT2D eigenvalue weighted by Crippen LogP contribution is -2.24. The predicted molar refractivity (Wildman–Crippen MR) is 131 cm³/mol. The molecule has 0 saturated carbocycles. The fraction of sp³-hybridized carbons (Fsp3) is 0.375. The van der Waals surface area contributed by atoms with E-state index in [0.29, 0.717) is 9.92 Å². The van der Waals surface area contributed by atoms with Gasteiger partial charge >= 0.3 is 0 Å². The number of hydrogen-bond acceptors (Lipinski definition) is 5. The molecule has 0 bridgehead atoms. The number of hydrogen-bond donors (Lipinski definition) is 1. The van der Waals surface area contributed by atoms with Crippen LogP contribution in [-0.4, -0.2) is 30.8 Å². The van der Waals surface area contributed by atoms with Crippen LogP contribution in [0.5, 0.6) is 0 Å². The van der Waals surface area contributed by atoms with E-state index in [1.165, 1.54) is 25.5 Å². The van der Waals surface area contributed by atoms with Crippen molar-refractivity contribution in [1.29, 1.82) is 0 Å². The first kappa shape index (κ1) is 23.4. The fourth-order valence-electron chi connectivity index (χ4n) is 3.93. The van der Waals surface area contributed by atoms with Gasteiger partial charge < -0.3 is 9.88 Å². The van der Waals surface area contributed by atoms with Crippen LogP contribution in [-0.2, 0) is 16.4 Å². The van der Waals surface area contributed by atoms with Gasteiger partial charge in [0.15, 0.2) is 9.84 Å². The van der Waals surface area contributed by atoms with Gasteiger partial charge in [-0.15, -0.1) is 0 Å². The molecule has 32 heavy (non-hydrogen) atoms. The summed E-state index contributed by atoms with van der Waals surface area (Å²) in [6.07, 6.45) is 5.93. The van der Waals surface area contributed by atoms with Crippen molar-refractivity contribution >= 4 is 33.2 Å². The molecule has 3 aromatic rings. The van der Waals surface area contributed by atoms with Crippen LogP contribution in [0, 0.1) is 0 Å². The molecule has 1 N–H and O–H groups in total. The third-order valence-electron chi connectivity index (χ3n) is 5.68. The number of benzene rings is 2. The van der Waals surface area contributed by atoms with Crippen molar-refractivity contribution in [3.05, 3.63) is 59.4 Å². The van der Waals surface area contributed by atoms with E-state index in [2.05, 4.69) is 16.8 Å². The molecule has 1 aliphatic rings. The summed E-state index contributed by atoms with van der Waals surface area (Å²) in [5.41, 5.74) is 1.80. The highest BCUT2D eigenvalue weighted by Crippen LogP contribution is 2.39. The lowest BCUT2D eigenvalue weighted by molar-refractivity contribution is 0.447. The zero-order valence-electron chi connectivity index (χ0n) is 18.3. The van der Waals surface area contributed by atoms with Gasteiger partial charge in [0.25, 0.3) is 0 Å². The molecule has 4 rings (SSSR count). The average molecular weight is 490 g/mol. The van der Waals surface area contributed by atoms with E-state index in [0.717, 1.165) is 46.5 Å². The Kier molecular flexibility index (Phi) is 7.30. The first-order valence-electron chi connectivity index (χ1n) is 10.9. The van der Waals surface area contributed by atoms with Crippen molar-refractivity contribution < 1.29 is 8.42 Å². The Balaban J connectivity index is 1.82. The maximum Gasteiger partial charge on any atom is 0.175 e. The minimum Gasteiger partial charge on any atom is -0.321 e. The van der Waals surface area contributed by atoms with Gasteiger partial charge in [-0.25, -0.2) is 13.4 Å². The van der Waals surface area contributed by atoms with E-state index < -0.39 is 9.84 Å². The lowest BCUT2D eigenvalue weighted by Gasteiger charge is -2.19. The third kappa shape index (κ3) is 5.39. The van der Waals surface area contributed by atoms with Gasteiger partial charge in [0.2, 0.25) is 0 Å². The zero-order chi connectivity index (χ0) is 22.7. The molecule has 1 unspecified atom stereocenters. The highest BCUT2D eigenvalue weighted by molar-refractivity contribution is 7.99. The molecule has 170 valence electrons. The van der Waals surface area contributed by atoms with Gasteiger partial charge in [0.05, 0.1) is 10.9 Å². The fourth-order valence-corrected chi connectivity index (χ4v) is 5.73. The molecule has 0 aliphatic carbocycles. The van der Waals surface area contributed by atoms with E-state index in [4.69, 9.17) is 16.6 Å². The number of halogens is 1. The molecule has 2 heterocycles. The number of nitrogens with one attached hydrogen (secondary N) is 1. The Labute approximate surface area is 199 Å². The molecule has 0 saturated heterocycles. The third-order valence-corrected chi connectivity index (χ3v) is 8.18. The Morgan fingerprint density at radius 3 is 2.41 bits per heavy atom. The smallest absolute Gasteiger partial charge is 0.175 e. The molecule has 0 amide bonds. The number of nitrogens with zero attached hydrogens (tertiary/aromatic N) is 2. The molecule has 0 fully saturated rings. The molecule has 8 heteroatoms. The Morgan fingerprint density at radius 1 is 1.03 bits per heavy atom. The van der Waals surface area contributed by atoms with Crippen LogP contribution in [0.1, 0.15) is 44.5 Å². The second-order valence-electron chi connectivity index (χ2n) is 8.22. The summed E-state index contributed by atoms with van der Waals surface area (Å²) >= 11 is 7.77. The molecule has 5 nitrogen and oxygen atoms in total.